The Morgan fingerprint density at radius 2 is 2.14 bits per heavy atom. The number of aromatic nitrogens is 1. The summed E-state index contributed by atoms with van der Waals surface area (Å²) in [5.74, 6) is 0.936. The zero-order chi connectivity index (χ0) is 15.4. The summed E-state index contributed by atoms with van der Waals surface area (Å²) in [6.07, 6.45) is 1.28. The van der Waals surface area contributed by atoms with E-state index < -0.39 is 0 Å². The molecule has 0 saturated heterocycles. The van der Waals surface area contributed by atoms with Crippen molar-refractivity contribution in [2.45, 2.75) is 6.54 Å². The average Bonchev–Trinajstić information content (AvgIpc) is 3.24. The van der Waals surface area contributed by atoms with E-state index in [2.05, 4.69) is 10.3 Å². The highest BCUT2D eigenvalue weighted by molar-refractivity contribution is 7.09. The number of thiophene rings is 1. The van der Waals surface area contributed by atoms with Gasteiger partial charge in [-0.05, 0) is 35.7 Å². The maximum Gasteiger partial charge on any atom is 0.274 e. The normalized spacial score (nSPS) is 10.4. The van der Waals surface area contributed by atoms with Crippen LogP contribution in [0.2, 0.25) is 0 Å². The number of nitrogens with one attached hydrogen (secondary N) is 1. The fourth-order valence-corrected chi connectivity index (χ4v) is 2.66. The molecule has 112 valence electrons. The van der Waals surface area contributed by atoms with Crippen LogP contribution in [-0.4, -0.2) is 18.0 Å². The van der Waals surface area contributed by atoms with Gasteiger partial charge in [0.05, 0.1) is 13.7 Å². The Balaban J connectivity index is 1.77. The zero-order valence-corrected chi connectivity index (χ0v) is 12.7. The Labute approximate surface area is 131 Å². The topological polar surface area (TPSA) is 64.4 Å². The summed E-state index contributed by atoms with van der Waals surface area (Å²) in [4.78, 5) is 17.4. The number of oxazole rings is 1. The molecular formula is C16H14N2O3S. The minimum atomic E-state index is -0.257. The molecule has 2 aromatic heterocycles. The first kappa shape index (κ1) is 14.3. The van der Waals surface area contributed by atoms with Gasteiger partial charge in [0.2, 0.25) is 0 Å². The van der Waals surface area contributed by atoms with Gasteiger partial charge in [0.25, 0.3) is 5.91 Å². The average molecular weight is 314 g/mol. The quantitative estimate of drug-likeness (QED) is 0.784. The number of carbonyl (C=O) groups is 1. The van der Waals surface area contributed by atoms with Crippen molar-refractivity contribution in [3.63, 3.8) is 0 Å². The Morgan fingerprint density at radius 1 is 1.32 bits per heavy atom. The Hall–Kier alpha value is -2.60. The zero-order valence-electron chi connectivity index (χ0n) is 11.9. The Bertz CT molecular complexity index is 748. The number of ether oxygens (including phenoxy) is 1. The summed E-state index contributed by atoms with van der Waals surface area (Å²) in [7, 11) is 1.60. The molecule has 0 saturated carbocycles. The maximum atomic E-state index is 12.3. The number of hydrogen-bond acceptors (Lipinski definition) is 5. The molecule has 0 unspecified atom stereocenters. The van der Waals surface area contributed by atoms with E-state index in [4.69, 9.17) is 9.15 Å². The molecule has 0 radical (unpaired) electrons. The van der Waals surface area contributed by atoms with Gasteiger partial charge in [-0.1, -0.05) is 6.07 Å². The van der Waals surface area contributed by atoms with E-state index in [-0.39, 0.29) is 11.6 Å². The monoisotopic (exact) mass is 314 g/mol. The van der Waals surface area contributed by atoms with Crippen LogP contribution < -0.4 is 10.1 Å². The largest absolute Gasteiger partial charge is 0.497 e. The second-order valence-corrected chi connectivity index (χ2v) is 5.55. The van der Waals surface area contributed by atoms with E-state index in [1.807, 2.05) is 41.8 Å². The third kappa shape index (κ3) is 3.01. The number of hydrogen-bond donors (Lipinski definition) is 1. The van der Waals surface area contributed by atoms with Gasteiger partial charge in [0.1, 0.15) is 5.75 Å². The Morgan fingerprint density at radius 3 is 2.82 bits per heavy atom. The number of benzene rings is 1. The third-order valence-corrected chi connectivity index (χ3v) is 4.01. The SMILES string of the molecule is COc1ccc(-c2ocnc2C(=O)NCc2cccs2)cc1. The smallest absolute Gasteiger partial charge is 0.274 e. The van der Waals surface area contributed by atoms with Crippen LogP contribution in [0.5, 0.6) is 5.75 Å². The van der Waals surface area contributed by atoms with Gasteiger partial charge >= 0.3 is 0 Å². The van der Waals surface area contributed by atoms with E-state index in [0.29, 0.717) is 12.3 Å². The fraction of sp³-hybridized carbons (Fsp3) is 0.125. The summed E-state index contributed by atoms with van der Waals surface area (Å²) >= 11 is 1.59. The van der Waals surface area contributed by atoms with E-state index in [0.717, 1.165) is 16.2 Å². The van der Waals surface area contributed by atoms with Gasteiger partial charge in [-0.25, -0.2) is 4.98 Å². The number of carbonyl (C=O) groups excluding carboxylic acids is 1. The third-order valence-electron chi connectivity index (χ3n) is 3.14. The molecule has 0 aliphatic carbocycles. The highest BCUT2D eigenvalue weighted by atomic mass is 32.1. The number of rotatable bonds is 5. The van der Waals surface area contributed by atoms with Crippen molar-refractivity contribution < 1.29 is 13.9 Å². The lowest BCUT2D eigenvalue weighted by Gasteiger charge is -2.04. The van der Waals surface area contributed by atoms with Gasteiger partial charge in [-0.2, -0.15) is 0 Å². The minimum Gasteiger partial charge on any atom is -0.497 e. The molecule has 3 aromatic rings. The van der Waals surface area contributed by atoms with E-state index in [1.165, 1.54) is 6.39 Å². The van der Waals surface area contributed by atoms with Gasteiger partial charge in [0, 0.05) is 10.4 Å². The molecule has 0 atom stereocenters. The van der Waals surface area contributed by atoms with Crippen LogP contribution in [0.1, 0.15) is 15.4 Å². The molecular weight excluding hydrogens is 300 g/mol. The second-order valence-electron chi connectivity index (χ2n) is 4.52. The Kier molecular flexibility index (Phi) is 4.20. The van der Waals surface area contributed by atoms with Crippen LogP contribution in [-0.2, 0) is 6.54 Å². The van der Waals surface area contributed by atoms with Crippen LogP contribution in [0.25, 0.3) is 11.3 Å². The molecule has 2 heterocycles. The predicted molar refractivity (Wildman–Crippen MR) is 84.0 cm³/mol. The molecule has 5 nitrogen and oxygen atoms in total. The molecule has 1 amide bonds. The van der Waals surface area contributed by atoms with E-state index >= 15 is 0 Å². The summed E-state index contributed by atoms with van der Waals surface area (Å²) < 4.78 is 10.5. The van der Waals surface area contributed by atoms with Crippen LogP contribution in [0.15, 0.2) is 52.6 Å². The molecule has 0 spiro atoms. The van der Waals surface area contributed by atoms with Crippen LogP contribution in [0, 0.1) is 0 Å². The molecule has 6 heteroatoms. The van der Waals surface area contributed by atoms with Crippen LogP contribution in [0.3, 0.4) is 0 Å². The fourth-order valence-electron chi connectivity index (χ4n) is 2.02. The summed E-state index contributed by atoms with van der Waals surface area (Å²) in [6.45, 7) is 0.478. The second kappa shape index (κ2) is 6.44. The summed E-state index contributed by atoms with van der Waals surface area (Å²) in [5, 5.41) is 4.82. The van der Waals surface area contributed by atoms with Crippen LogP contribution in [0.4, 0.5) is 0 Å². The molecule has 3 rings (SSSR count). The van der Waals surface area contributed by atoms with Gasteiger partial charge in [-0.15, -0.1) is 11.3 Å². The molecule has 0 aliphatic rings. The van der Waals surface area contributed by atoms with Crippen molar-refractivity contribution >= 4 is 17.2 Å². The van der Waals surface area contributed by atoms with Gasteiger partial charge < -0.3 is 14.5 Å². The van der Waals surface area contributed by atoms with Gasteiger partial charge in [-0.3, -0.25) is 4.79 Å². The highest BCUT2D eigenvalue weighted by Crippen LogP contribution is 2.25. The van der Waals surface area contributed by atoms with E-state index in [9.17, 15) is 4.79 Å². The predicted octanol–water partition coefficient (Wildman–Crippen LogP) is 3.34. The lowest BCUT2D eigenvalue weighted by atomic mass is 10.1. The first-order valence-corrected chi connectivity index (χ1v) is 7.54. The lowest BCUT2D eigenvalue weighted by Crippen LogP contribution is -2.23. The maximum absolute atomic E-state index is 12.3. The van der Waals surface area contributed by atoms with Crippen molar-refractivity contribution in [3.05, 3.63) is 58.7 Å². The lowest BCUT2D eigenvalue weighted by molar-refractivity contribution is 0.0947. The highest BCUT2D eigenvalue weighted by Gasteiger charge is 2.18. The minimum absolute atomic E-state index is 0.257. The summed E-state index contributed by atoms with van der Waals surface area (Å²) in [6, 6.07) is 11.2. The molecule has 0 fully saturated rings. The molecule has 1 N–H and O–H groups in total. The molecule has 22 heavy (non-hydrogen) atoms. The van der Waals surface area contributed by atoms with Crippen molar-refractivity contribution in [2.75, 3.05) is 7.11 Å². The van der Waals surface area contributed by atoms with Crippen molar-refractivity contribution in [2.24, 2.45) is 0 Å². The summed E-state index contributed by atoms with van der Waals surface area (Å²) in [5.41, 5.74) is 1.06. The molecule has 0 bridgehead atoms. The number of amides is 1. The van der Waals surface area contributed by atoms with Crippen molar-refractivity contribution in [3.8, 4) is 17.1 Å². The molecule has 1 aromatic carbocycles. The van der Waals surface area contributed by atoms with Crippen molar-refractivity contribution in [1.29, 1.82) is 0 Å². The van der Waals surface area contributed by atoms with E-state index in [1.54, 1.807) is 18.4 Å². The van der Waals surface area contributed by atoms with Gasteiger partial charge in [0.15, 0.2) is 17.8 Å². The van der Waals surface area contributed by atoms with Crippen molar-refractivity contribution in [1.82, 2.24) is 10.3 Å². The first-order valence-electron chi connectivity index (χ1n) is 6.66. The number of nitrogens with zero attached hydrogens (tertiary/aromatic N) is 1. The first-order chi connectivity index (χ1) is 10.8. The number of methoxy groups -OCH3 is 1. The van der Waals surface area contributed by atoms with Crippen LogP contribution >= 0.6 is 11.3 Å². The standard InChI is InChI=1S/C16H14N2O3S/c1-20-12-6-4-11(5-7-12)15-14(18-10-21-15)16(19)17-9-13-3-2-8-22-13/h2-8,10H,9H2,1H3,(H,17,19). The molecule has 0 aliphatic heterocycles.